The van der Waals surface area contributed by atoms with Gasteiger partial charge in [-0.3, -0.25) is 4.84 Å². The first-order valence-electron chi connectivity index (χ1n) is 7.28. The van der Waals surface area contributed by atoms with Crippen LogP contribution in [0.5, 0.6) is 5.75 Å². The Morgan fingerprint density at radius 2 is 2.00 bits per heavy atom. The van der Waals surface area contributed by atoms with Crippen LogP contribution in [0.25, 0.3) is 0 Å². The molecule has 1 aliphatic heterocycles. The van der Waals surface area contributed by atoms with Crippen LogP contribution in [0, 0.1) is 0 Å². The lowest BCUT2D eigenvalue weighted by Crippen LogP contribution is -2.17. The summed E-state index contributed by atoms with van der Waals surface area (Å²) in [5, 5.41) is 2.01. The Balaban J connectivity index is 1.92. The number of hydrogen-bond donors (Lipinski definition) is 0. The second-order valence-electron chi connectivity index (χ2n) is 5.29. The summed E-state index contributed by atoms with van der Waals surface area (Å²) >= 11 is 0. The Kier molecular flexibility index (Phi) is 5.23. The Morgan fingerprint density at radius 1 is 1.26 bits per heavy atom. The normalized spacial score (nSPS) is 23.7. The molecule has 3 nitrogen and oxygen atoms in total. The van der Waals surface area contributed by atoms with Crippen LogP contribution in [-0.2, 0) is 4.84 Å². The second kappa shape index (κ2) is 6.92. The molecular formula is C16H25NO2. The summed E-state index contributed by atoms with van der Waals surface area (Å²) in [6.45, 7) is 2.24. The molecule has 2 atom stereocenters. The first-order chi connectivity index (χ1) is 9.24. The maximum absolute atomic E-state index is 5.93. The topological polar surface area (TPSA) is 21.7 Å². The summed E-state index contributed by atoms with van der Waals surface area (Å²) in [6.07, 6.45) is 6.48. The number of unbranched alkanes of at least 4 members (excludes halogenated alkanes) is 2. The van der Waals surface area contributed by atoms with Crippen molar-refractivity contribution in [3.8, 4) is 5.75 Å². The largest absolute Gasteiger partial charge is 0.497 e. The van der Waals surface area contributed by atoms with Gasteiger partial charge in [-0.15, -0.1) is 0 Å². The summed E-state index contributed by atoms with van der Waals surface area (Å²) in [4.78, 5) is 5.93. The molecule has 0 amide bonds. The van der Waals surface area contributed by atoms with Crippen molar-refractivity contribution in [2.45, 2.75) is 51.2 Å². The van der Waals surface area contributed by atoms with Crippen LogP contribution in [-0.4, -0.2) is 25.3 Å². The molecule has 3 heteroatoms. The highest BCUT2D eigenvalue weighted by molar-refractivity contribution is 5.29. The number of nitrogens with zero attached hydrogens (tertiary/aromatic N) is 1. The molecule has 0 aromatic heterocycles. The average molecular weight is 263 g/mol. The third kappa shape index (κ3) is 3.71. The van der Waals surface area contributed by atoms with Crippen molar-refractivity contribution >= 4 is 0 Å². The molecule has 106 valence electrons. The second-order valence-corrected chi connectivity index (χ2v) is 5.29. The Labute approximate surface area is 116 Å². The van der Waals surface area contributed by atoms with Crippen LogP contribution >= 0.6 is 0 Å². The summed E-state index contributed by atoms with van der Waals surface area (Å²) in [7, 11) is 3.73. The van der Waals surface area contributed by atoms with Gasteiger partial charge in [0.2, 0.25) is 0 Å². The first-order valence-corrected chi connectivity index (χ1v) is 7.28. The van der Waals surface area contributed by atoms with Crippen LogP contribution in [0.15, 0.2) is 24.3 Å². The van der Waals surface area contributed by atoms with E-state index >= 15 is 0 Å². The monoisotopic (exact) mass is 263 g/mol. The Bertz CT molecular complexity index is 377. The molecule has 1 fully saturated rings. The smallest absolute Gasteiger partial charge is 0.118 e. The fourth-order valence-corrected chi connectivity index (χ4v) is 2.71. The quantitative estimate of drug-likeness (QED) is 0.725. The molecule has 2 unspecified atom stereocenters. The number of hydrogen-bond acceptors (Lipinski definition) is 3. The average Bonchev–Trinajstić information content (AvgIpc) is 2.80. The van der Waals surface area contributed by atoms with E-state index in [2.05, 4.69) is 19.1 Å². The van der Waals surface area contributed by atoms with Crippen molar-refractivity contribution in [1.29, 1.82) is 0 Å². The Morgan fingerprint density at radius 3 is 2.63 bits per heavy atom. The van der Waals surface area contributed by atoms with Crippen molar-refractivity contribution in [3.63, 3.8) is 0 Å². The van der Waals surface area contributed by atoms with Crippen molar-refractivity contribution < 1.29 is 9.57 Å². The van der Waals surface area contributed by atoms with Gasteiger partial charge in [-0.25, -0.2) is 0 Å². The lowest BCUT2D eigenvalue weighted by atomic mass is 9.99. The number of rotatable bonds is 6. The van der Waals surface area contributed by atoms with E-state index in [0.29, 0.717) is 12.1 Å². The van der Waals surface area contributed by atoms with E-state index in [-0.39, 0.29) is 0 Å². The SMILES string of the molecule is CCCCCC1CC(c2ccc(OC)cc2)N(C)O1. The third-order valence-electron chi connectivity index (χ3n) is 3.87. The van der Waals surface area contributed by atoms with Gasteiger partial charge in [-0.05, 0) is 30.5 Å². The zero-order valence-electron chi connectivity index (χ0n) is 12.3. The highest BCUT2D eigenvalue weighted by atomic mass is 16.7. The van der Waals surface area contributed by atoms with Gasteiger partial charge in [0.1, 0.15) is 5.75 Å². The van der Waals surface area contributed by atoms with Crippen molar-refractivity contribution in [1.82, 2.24) is 5.06 Å². The van der Waals surface area contributed by atoms with E-state index in [9.17, 15) is 0 Å². The van der Waals surface area contributed by atoms with Gasteiger partial charge >= 0.3 is 0 Å². The van der Waals surface area contributed by atoms with Crippen LogP contribution in [0.2, 0.25) is 0 Å². The molecule has 0 spiro atoms. The van der Waals surface area contributed by atoms with Crippen molar-refractivity contribution in [3.05, 3.63) is 29.8 Å². The van der Waals surface area contributed by atoms with Gasteiger partial charge in [-0.1, -0.05) is 38.3 Å². The molecule has 1 saturated heterocycles. The molecular weight excluding hydrogens is 238 g/mol. The molecule has 1 aromatic carbocycles. The highest BCUT2D eigenvalue weighted by Gasteiger charge is 2.31. The van der Waals surface area contributed by atoms with Crippen LogP contribution in [0.4, 0.5) is 0 Å². The molecule has 1 aromatic rings. The van der Waals surface area contributed by atoms with Gasteiger partial charge in [0.15, 0.2) is 0 Å². The molecule has 0 N–H and O–H groups in total. The number of ether oxygens (including phenoxy) is 1. The standard InChI is InChI=1S/C16H25NO2/c1-4-5-6-7-15-12-16(17(2)19-15)13-8-10-14(18-3)11-9-13/h8-11,15-16H,4-7,12H2,1-3H3. The van der Waals surface area contributed by atoms with Crippen molar-refractivity contribution in [2.75, 3.05) is 14.2 Å². The highest BCUT2D eigenvalue weighted by Crippen LogP contribution is 2.35. The van der Waals surface area contributed by atoms with E-state index < -0.39 is 0 Å². The van der Waals surface area contributed by atoms with E-state index in [0.717, 1.165) is 12.2 Å². The first kappa shape index (κ1) is 14.4. The summed E-state index contributed by atoms with van der Waals surface area (Å²) in [6, 6.07) is 8.69. The summed E-state index contributed by atoms with van der Waals surface area (Å²) in [5.41, 5.74) is 1.31. The van der Waals surface area contributed by atoms with Gasteiger partial charge in [0, 0.05) is 7.05 Å². The molecule has 0 aliphatic carbocycles. The zero-order valence-corrected chi connectivity index (χ0v) is 12.3. The summed E-state index contributed by atoms with van der Waals surface area (Å²) in [5.74, 6) is 0.907. The molecule has 0 saturated carbocycles. The fraction of sp³-hybridized carbons (Fsp3) is 0.625. The van der Waals surface area contributed by atoms with E-state index in [4.69, 9.17) is 9.57 Å². The third-order valence-corrected chi connectivity index (χ3v) is 3.87. The van der Waals surface area contributed by atoms with Gasteiger partial charge in [0.25, 0.3) is 0 Å². The number of benzene rings is 1. The minimum Gasteiger partial charge on any atom is -0.497 e. The molecule has 0 bridgehead atoms. The van der Waals surface area contributed by atoms with Gasteiger partial charge in [-0.2, -0.15) is 5.06 Å². The van der Waals surface area contributed by atoms with Crippen LogP contribution in [0.3, 0.4) is 0 Å². The predicted molar refractivity (Wildman–Crippen MR) is 77.1 cm³/mol. The number of hydroxylamine groups is 2. The van der Waals surface area contributed by atoms with E-state index in [1.54, 1.807) is 7.11 Å². The lowest BCUT2D eigenvalue weighted by Gasteiger charge is -2.17. The van der Waals surface area contributed by atoms with Crippen LogP contribution in [0.1, 0.15) is 50.6 Å². The van der Waals surface area contributed by atoms with E-state index in [1.807, 2.05) is 24.2 Å². The molecule has 0 radical (unpaired) electrons. The van der Waals surface area contributed by atoms with Crippen molar-refractivity contribution in [2.24, 2.45) is 0 Å². The molecule has 2 rings (SSSR count). The molecule has 1 aliphatic rings. The van der Waals surface area contributed by atoms with Crippen LogP contribution < -0.4 is 4.74 Å². The fourth-order valence-electron chi connectivity index (χ4n) is 2.71. The maximum atomic E-state index is 5.93. The number of methoxy groups -OCH3 is 1. The van der Waals surface area contributed by atoms with Gasteiger partial charge in [0.05, 0.1) is 19.3 Å². The Hall–Kier alpha value is -1.06. The molecule has 19 heavy (non-hydrogen) atoms. The minimum atomic E-state index is 0.373. The zero-order chi connectivity index (χ0) is 13.7. The predicted octanol–water partition coefficient (Wildman–Crippen LogP) is 3.95. The van der Waals surface area contributed by atoms with Gasteiger partial charge < -0.3 is 4.74 Å². The maximum Gasteiger partial charge on any atom is 0.118 e. The molecule has 1 heterocycles. The minimum absolute atomic E-state index is 0.373. The lowest BCUT2D eigenvalue weighted by molar-refractivity contribution is -0.145. The summed E-state index contributed by atoms with van der Waals surface area (Å²) < 4.78 is 5.20. The van der Waals surface area contributed by atoms with E-state index in [1.165, 1.54) is 31.2 Å².